The van der Waals surface area contributed by atoms with Crippen molar-refractivity contribution < 1.29 is 26.8 Å². The van der Waals surface area contributed by atoms with Crippen molar-refractivity contribution in [3.8, 4) is 0 Å². The number of fused-ring (bicyclic) bond motifs is 1. The summed E-state index contributed by atoms with van der Waals surface area (Å²) in [7, 11) is -4.38. The average Bonchev–Trinajstić information content (AvgIpc) is 2.98. The number of piperazine rings is 1. The molecule has 0 bridgehead atoms. The van der Waals surface area contributed by atoms with Gasteiger partial charge in [-0.15, -0.1) is 0 Å². The first kappa shape index (κ1) is 21.1. The quantitative estimate of drug-likeness (QED) is 0.718. The third-order valence-corrected chi connectivity index (χ3v) is 7.39. The molecular weight excluding hydrogens is 428 g/mol. The zero-order chi connectivity index (χ0) is 22.3. The molecule has 2 aliphatic rings. The molecule has 1 saturated heterocycles. The molecule has 0 saturated carbocycles. The summed E-state index contributed by atoms with van der Waals surface area (Å²) in [6, 6.07) is 9.78. The fraction of sp³-hybridized carbons (Fsp3) is 0.238. The fourth-order valence-electron chi connectivity index (χ4n) is 3.77. The van der Waals surface area contributed by atoms with Gasteiger partial charge in [0.15, 0.2) is 4.90 Å². The minimum absolute atomic E-state index is 0.0373. The van der Waals surface area contributed by atoms with Crippen molar-refractivity contribution in [3.05, 3.63) is 71.8 Å². The lowest BCUT2D eigenvalue weighted by molar-refractivity contribution is -0.132. The van der Waals surface area contributed by atoms with Gasteiger partial charge in [0.05, 0.1) is 0 Å². The van der Waals surface area contributed by atoms with E-state index in [-0.39, 0.29) is 44.5 Å². The molecule has 0 spiro atoms. The largest absolute Gasteiger partial charge is 0.338 e. The van der Waals surface area contributed by atoms with E-state index >= 15 is 0 Å². The van der Waals surface area contributed by atoms with E-state index in [1.807, 2.05) is 0 Å². The maximum atomic E-state index is 14.0. The molecule has 162 valence electrons. The SMILES string of the molecule is C=C1c2ccccc2C(=O)N1CC(=O)N1CCN(S(=O)(=O)c2c(F)cccc2F)CC1. The summed E-state index contributed by atoms with van der Waals surface area (Å²) in [5.74, 6) is -3.00. The summed E-state index contributed by atoms with van der Waals surface area (Å²) in [5.41, 5.74) is 1.58. The smallest absolute Gasteiger partial charge is 0.259 e. The Morgan fingerprint density at radius 2 is 1.52 bits per heavy atom. The van der Waals surface area contributed by atoms with Gasteiger partial charge in [-0.1, -0.05) is 30.8 Å². The standard InChI is InChI=1S/C21H19F2N3O4S/c1-14-15-5-2-3-6-16(15)21(28)26(14)13-19(27)24-9-11-25(12-10-24)31(29,30)20-17(22)7-4-8-18(20)23/h2-8H,1,9-13H2. The van der Waals surface area contributed by atoms with Gasteiger partial charge >= 0.3 is 0 Å². The van der Waals surface area contributed by atoms with Crippen molar-refractivity contribution in [2.24, 2.45) is 0 Å². The summed E-state index contributed by atoms with van der Waals surface area (Å²) in [6.07, 6.45) is 0. The van der Waals surface area contributed by atoms with E-state index in [4.69, 9.17) is 0 Å². The second-order valence-corrected chi connectivity index (χ2v) is 9.09. The van der Waals surface area contributed by atoms with E-state index in [1.165, 1.54) is 9.80 Å². The van der Waals surface area contributed by atoms with Gasteiger partial charge in [0.1, 0.15) is 18.2 Å². The Morgan fingerprint density at radius 1 is 0.935 bits per heavy atom. The zero-order valence-corrected chi connectivity index (χ0v) is 17.2. The Hall–Kier alpha value is -3.11. The predicted molar refractivity (Wildman–Crippen MR) is 108 cm³/mol. The summed E-state index contributed by atoms with van der Waals surface area (Å²) in [5, 5.41) is 0. The zero-order valence-electron chi connectivity index (χ0n) is 16.4. The van der Waals surface area contributed by atoms with Crippen molar-refractivity contribution in [1.29, 1.82) is 0 Å². The van der Waals surface area contributed by atoms with Crippen LogP contribution >= 0.6 is 0 Å². The van der Waals surface area contributed by atoms with E-state index in [0.29, 0.717) is 16.8 Å². The van der Waals surface area contributed by atoms with Gasteiger partial charge in [0.2, 0.25) is 15.9 Å². The van der Waals surface area contributed by atoms with Crippen LogP contribution in [0, 0.1) is 11.6 Å². The number of benzene rings is 2. The normalized spacial score (nSPS) is 17.2. The molecule has 31 heavy (non-hydrogen) atoms. The highest BCUT2D eigenvalue weighted by Gasteiger charge is 2.36. The molecule has 0 N–H and O–H groups in total. The minimum Gasteiger partial charge on any atom is -0.338 e. The van der Waals surface area contributed by atoms with E-state index in [9.17, 15) is 26.8 Å². The van der Waals surface area contributed by atoms with Crippen molar-refractivity contribution in [1.82, 2.24) is 14.1 Å². The highest BCUT2D eigenvalue weighted by atomic mass is 32.2. The second kappa shape index (κ2) is 7.86. The third-order valence-electron chi connectivity index (χ3n) is 5.44. The lowest BCUT2D eigenvalue weighted by atomic mass is 10.1. The van der Waals surface area contributed by atoms with Crippen LogP contribution < -0.4 is 0 Å². The third kappa shape index (κ3) is 3.61. The molecule has 0 aromatic heterocycles. The topological polar surface area (TPSA) is 78.0 Å². The number of carbonyl (C=O) groups is 2. The van der Waals surface area contributed by atoms with E-state index in [0.717, 1.165) is 22.5 Å². The van der Waals surface area contributed by atoms with Gasteiger partial charge in [-0.25, -0.2) is 17.2 Å². The Labute approximate surface area is 178 Å². The Balaban J connectivity index is 1.42. The molecule has 0 unspecified atom stereocenters. The Morgan fingerprint density at radius 3 is 2.10 bits per heavy atom. The van der Waals surface area contributed by atoms with E-state index in [2.05, 4.69) is 6.58 Å². The van der Waals surface area contributed by atoms with Crippen molar-refractivity contribution in [3.63, 3.8) is 0 Å². The van der Waals surface area contributed by atoms with E-state index < -0.39 is 26.6 Å². The molecule has 2 aliphatic heterocycles. The van der Waals surface area contributed by atoms with Crippen molar-refractivity contribution in [2.45, 2.75) is 4.90 Å². The van der Waals surface area contributed by atoms with Gasteiger partial charge in [0, 0.05) is 43.0 Å². The summed E-state index contributed by atoms with van der Waals surface area (Å²) in [4.78, 5) is 27.0. The molecule has 0 aliphatic carbocycles. The highest BCUT2D eigenvalue weighted by Crippen LogP contribution is 2.31. The van der Waals surface area contributed by atoms with Gasteiger partial charge in [-0.2, -0.15) is 4.31 Å². The van der Waals surface area contributed by atoms with Crippen LogP contribution in [-0.2, 0) is 14.8 Å². The maximum absolute atomic E-state index is 14.0. The number of hydrogen-bond acceptors (Lipinski definition) is 4. The number of hydrogen-bond donors (Lipinski definition) is 0. The van der Waals surface area contributed by atoms with Gasteiger partial charge in [-0.05, 0) is 18.2 Å². The monoisotopic (exact) mass is 447 g/mol. The number of nitrogens with zero attached hydrogens (tertiary/aromatic N) is 3. The predicted octanol–water partition coefficient (Wildman–Crippen LogP) is 1.92. The van der Waals surface area contributed by atoms with Crippen LogP contribution in [0.15, 0.2) is 53.9 Å². The number of halogens is 2. The summed E-state index contributed by atoms with van der Waals surface area (Å²) < 4.78 is 54.2. The van der Waals surface area contributed by atoms with Crippen LogP contribution in [0.25, 0.3) is 5.70 Å². The number of rotatable bonds is 4. The molecule has 2 heterocycles. The molecular formula is C21H19F2N3O4S. The molecule has 10 heteroatoms. The number of sulfonamides is 1. The van der Waals surface area contributed by atoms with Gasteiger partial charge in [0.25, 0.3) is 5.91 Å². The lowest BCUT2D eigenvalue weighted by Gasteiger charge is -2.34. The number of carbonyl (C=O) groups excluding carboxylic acids is 2. The van der Waals surface area contributed by atoms with E-state index in [1.54, 1.807) is 24.3 Å². The van der Waals surface area contributed by atoms with Gasteiger partial charge in [-0.3, -0.25) is 14.5 Å². The van der Waals surface area contributed by atoms with Crippen LogP contribution in [0.1, 0.15) is 15.9 Å². The summed E-state index contributed by atoms with van der Waals surface area (Å²) >= 11 is 0. The molecule has 0 radical (unpaired) electrons. The molecule has 1 fully saturated rings. The van der Waals surface area contributed by atoms with Crippen LogP contribution in [0.5, 0.6) is 0 Å². The Kier molecular flexibility index (Phi) is 5.36. The molecule has 7 nitrogen and oxygen atoms in total. The average molecular weight is 447 g/mol. The minimum atomic E-state index is -4.38. The molecule has 4 rings (SSSR count). The van der Waals surface area contributed by atoms with Crippen molar-refractivity contribution >= 4 is 27.5 Å². The Bertz CT molecular complexity index is 1140. The lowest BCUT2D eigenvalue weighted by Crippen LogP contribution is -2.52. The van der Waals surface area contributed by atoms with Crippen molar-refractivity contribution in [2.75, 3.05) is 32.7 Å². The second-order valence-electron chi connectivity index (χ2n) is 7.22. The van der Waals surface area contributed by atoms with Crippen LogP contribution in [0.4, 0.5) is 8.78 Å². The van der Waals surface area contributed by atoms with Crippen LogP contribution in [0.3, 0.4) is 0 Å². The highest BCUT2D eigenvalue weighted by molar-refractivity contribution is 7.89. The molecule has 2 aromatic rings. The van der Waals surface area contributed by atoms with Crippen LogP contribution in [-0.4, -0.2) is 67.1 Å². The first-order valence-electron chi connectivity index (χ1n) is 9.54. The van der Waals surface area contributed by atoms with Crippen LogP contribution in [0.2, 0.25) is 0 Å². The maximum Gasteiger partial charge on any atom is 0.259 e. The molecule has 2 amide bonds. The fourth-order valence-corrected chi connectivity index (χ4v) is 5.30. The first-order chi connectivity index (χ1) is 14.7. The first-order valence-corrected chi connectivity index (χ1v) is 11.0. The molecule has 0 atom stereocenters. The number of amides is 2. The van der Waals surface area contributed by atoms with Gasteiger partial charge < -0.3 is 4.90 Å². The molecule has 2 aromatic carbocycles. The summed E-state index contributed by atoms with van der Waals surface area (Å²) in [6.45, 7) is 3.52.